The van der Waals surface area contributed by atoms with Crippen molar-refractivity contribution >= 4 is 16.8 Å². The van der Waals surface area contributed by atoms with E-state index in [0.717, 1.165) is 18.6 Å². The largest absolute Gasteiger partial charge is 0.416 e. The fourth-order valence-corrected chi connectivity index (χ4v) is 3.06. The van der Waals surface area contributed by atoms with Crippen molar-refractivity contribution in [2.45, 2.75) is 12.6 Å². The second-order valence-electron chi connectivity index (χ2n) is 5.95. The molecule has 2 heterocycles. The number of hydrogen-bond acceptors (Lipinski definition) is 2. The van der Waals surface area contributed by atoms with Gasteiger partial charge < -0.3 is 14.6 Å². The van der Waals surface area contributed by atoms with Crippen LogP contribution < -0.4 is 0 Å². The van der Waals surface area contributed by atoms with Crippen molar-refractivity contribution in [3.8, 4) is 0 Å². The number of fused-ring (bicyclic) bond motifs is 1. The Balaban J connectivity index is 1.95. The molecule has 3 rings (SSSR count). The lowest BCUT2D eigenvalue weighted by Crippen LogP contribution is -2.30. The summed E-state index contributed by atoms with van der Waals surface area (Å²) < 4.78 is 40.0. The maximum atomic E-state index is 12.8. The quantitative estimate of drug-likeness (QED) is 0.922. The van der Waals surface area contributed by atoms with Gasteiger partial charge >= 0.3 is 6.18 Å². The molecule has 1 N–H and O–H groups in total. The average Bonchev–Trinajstić information content (AvgIpc) is 3.10. The fourth-order valence-electron chi connectivity index (χ4n) is 3.06. The first kappa shape index (κ1) is 15.9. The van der Waals surface area contributed by atoms with Crippen LogP contribution in [0.25, 0.3) is 10.9 Å². The van der Waals surface area contributed by atoms with E-state index in [1.807, 2.05) is 0 Å². The van der Waals surface area contributed by atoms with Crippen molar-refractivity contribution in [1.29, 1.82) is 0 Å². The molecule has 23 heavy (non-hydrogen) atoms. The Hall–Kier alpha value is -2.02. The van der Waals surface area contributed by atoms with E-state index in [1.54, 1.807) is 16.5 Å². The number of aliphatic hydroxyl groups excluding tert-OH is 1. The van der Waals surface area contributed by atoms with E-state index in [-0.39, 0.29) is 18.4 Å². The number of benzene rings is 1. The molecular formula is C16H17F3N2O2. The van der Waals surface area contributed by atoms with Gasteiger partial charge in [-0.25, -0.2) is 0 Å². The maximum absolute atomic E-state index is 12.8. The number of amides is 1. The molecule has 0 bridgehead atoms. The van der Waals surface area contributed by atoms with Crippen LogP contribution in [-0.2, 0) is 13.2 Å². The molecule has 0 radical (unpaired) electrons. The van der Waals surface area contributed by atoms with Gasteiger partial charge in [0.1, 0.15) is 5.69 Å². The molecule has 124 valence electrons. The van der Waals surface area contributed by atoms with Crippen molar-refractivity contribution in [3.05, 3.63) is 35.5 Å². The number of aliphatic hydroxyl groups is 1. The van der Waals surface area contributed by atoms with Crippen molar-refractivity contribution in [3.63, 3.8) is 0 Å². The molecule has 1 unspecified atom stereocenters. The number of likely N-dealkylation sites (tertiary alicyclic amines) is 1. The highest BCUT2D eigenvalue weighted by molar-refractivity contribution is 5.99. The monoisotopic (exact) mass is 326 g/mol. The Bertz CT molecular complexity index is 752. The summed E-state index contributed by atoms with van der Waals surface area (Å²) in [5.74, 6) is -0.140. The van der Waals surface area contributed by atoms with Gasteiger partial charge in [-0.1, -0.05) is 0 Å². The molecule has 7 heteroatoms. The molecule has 1 fully saturated rings. The van der Waals surface area contributed by atoms with Crippen LogP contribution in [0.1, 0.15) is 22.5 Å². The molecule has 0 saturated carbocycles. The first-order valence-electron chi connectivity index (χ1n) is 7.38. The Morgan fingerprint density at radius 2 is 2.09 bits per heavy atom. The Kier molecular flexibility index (Phi) is 3.83. The molecule has 4 nitrogen and oxygen atoms in total. The minimum absolute atomic E-state index is 0.0356. The lowest BCUT2D eigenvalue weighted by molar-refractivity contribution is -0.137. The van der Waals surface area contributed by atoms with Crippen molar-refractivity contribution in [2.24, 2.45) is 13.0 Å². The van der Waals surface area contributed by atoms with E-state index in [1.165, 1.54) is 12.1 Å². The summed E-state index contributed by atoms with van der Waals surface area (Å²) >= 11 is 0. The Morgan fingerprint density at radius 3 is 2.70 bits per heavy atom. The van der Waals surface area contributed by atoms with Crippen LogP contribution in [-0.4, -0.2) is 40.2 Å². The number of alkyl halides is 3. The number of aromatic nitrogens is 1. The third-order valence-electron chi connectivity index (χ3n) is 4.42. The maximum Gasteiger partial charge on any atom is 0.416 e. The molecule has 1 aromatic carbocycles. The van der Waals surface area contributed by atoms with Gasteiger partial charge in [0.05, 0.1) is 5.56 Å². The van der Waals surface area contributed by atoms with Gasteiger partial charge in [-0.15, -0.1) is 0 Å². The van der Waals surface area contributed by atoms with Crippen LogP contribution in [0.2, 0.25) is 0 Å². The normalized spacial score (nSPS) is 18.8. The highest BCUT2D eigenvalue weighted by atomic mass is 19.4. The number of carbonyl (C=O) groups is 1. The number of halogens is 3. The van der Waals surface area contributed by atoms with E-state index in [0.29, 0.717) is 29.7 Å². The van der Waals surface area contributed by atoms with E-state index in [2.05, 4.69) is 0 Å². The number of rotatable bonds is 2. The molecule has 1 saturated heterocycles. The van der Waals surface area contributed by atoms with Crippen molar-refractivity contribution in [2.75, 3.05) is 19.7 Å². The van der Waals surface area contributed by atoms with E-state index >= 15 is 0 Å². The third-order valence-corrected chi connectivity index (χ3v) is 4.42. The molecule has 1 atom stereocenters. The second-order valence-corrected chi connectivity index (χ2v) is 5.95. The highest BCUT2D eigenvalue weighted by Crippen LogP contribution is 2.32. The van der Waals surface area contributed by atoms with Gasteiger partial charge in [0.2, 0.25) is 0 Å². The lowest BCUT2D eigenvalue weighted by atomic mass is 10.1. The minimum atomic E-state index is -4.41. The number of nitrogens with zero attached hydrogens (tertiary/aromatic N) is 2. The molecule has 0 aliphatic carbocycles. The number of aryl methyl sites for hydroxylation is 1. The number of hydrogen-bond donors (Lipinski definition) is 1. The van der Waals surface area contributed by atoms with Crippen molar-refractivity contribution < 1.29 is 23.1 Å². The van der Waals surface area contributed by atoms with Gasteiger partial charge in [0, 0.05) is 43.6 Å². The average molecular weight is 326 g/mol. The summed E-state index contributed by atoms with van der Waals surface area (Å²) in [7, 11) is 1.67. The highest BCUT2D eigenvalue weighted by Gasteiger charge is 2.32. The molecule has 2 aromatic rings. The van der Waals surface area contributed by atoms with Crippen LogP contribution in [0.3, 0.4) is 0 Å². The SMILES string of the molecule is Cn1c(C(=O)N2CCC(CO)C2)cc2cc(C(F)(F)F)ccc21. The molecule has 1 amide bonds. The van der Waals surface area contributed by atoms with Crippen LogP contribution >= 0.6 is 0 Å². The van der Waals surface area contributed by atoms with Gasteiger partial charge in [-0.2, -0.15) is 13.2 Å². The zero-order chi connectivity index (χ0) is 16.8. The smallest absolute Gasteiger partial charge is 0.396 e. The van der Waals surface area contributed by atoms with Crippen molar-refractivity contribution in [1.82, 2.24) is 9.47 Å². The zero-order valence-corrected chi connectivity index (χ0v) is 12.6. The first-order valence-corrected chi connectivity index (χ1v) is 7.38. The third kappa shape index (κ3) is 2.81. The van der Waals surface area contributed by atoms with Crippen LogP contribution in [0.5, 0.6) is 0 Å². The first-order chi connectivity index (χ1) is 10.8. The summed E-state index contributed by atoms with van der Waals surface area (Å²) in [4.78, 5) is 14.2. The molecular weight excluding hydrogens is 309 g/mol. The fraction of sp³-hybridized carbons (Fsp3) is 0.438. The lowest BCUT2D eigenvalue weighted by Gasteiger charge is -2.16. The van der Waals surface area contributed by atoms with Crippen LogP contribution in [0, 0.1) is 5.92 Å². The molecule has 1 aliphatic heterocycles. The Labute approximate surface area is 131 Å². The van der Waals surface area contributed by atoms with E-state index in [9.17, 15) is 18.0 Å². The summed E-state index contributed by atoms with van der Waals surface area (Å²) in [6, 6.07) is 4.97. The topological polar surface area (TPSA) is 45.5 Å². The molecule has 0 spiro atoms. The zero-order valence-electron chi connectivity index (χ0n) is 12.6. The Morgan fingerprint density at radius 1 is 1.35 bits per heavy atom. The summed E-state index contributed by atoms with van der Waals surface area (Å²) in [6.45, 7) is 1.07. The van der Waals surface area contributed by atoms with Gasteiger partial charge in [0.15, 0.2) is 0 Å². The predicted octanol–water partition coefficient (Wildman–Crippen LogP) is 2.65. The van der Waals surface area contributed by atoms with E-state index in [4.69, 9.17) is 5.11 Å². The molecule has 1 aromatic heterocycles. The van der Waals surface area contributed by atoms with Crippen LogP contribution in [0.15, 0.2) is 24.3 Å². The molecule has 1 aliphatic rings. The minimum Gasteiger partial charge on any atom is -0.396 e. The van der Waals surface area contributed by atoms with E-state index < -0.39 is 11.7 Å². The van der Waals surface area contributed by atoms with Gasteiger partial charge in [-0.3, -0.25) is 4.79 Å². The standard InChI is InChI=1S/C16H17F3N2O2/c1-20-13-3-2-12(16(17,18)19)6-11(13)7-14(20)15(23)21-5-4-10(8-21)9-22/h2-3,6-7,10,22H,4-5,8-9H2,1H3. The van der Waals surface area contributed by atoms with Gasteiger partial charge in [-0.05, 0) is 30.7 Å². The number of carbonyl (C=O) groups excluding carboxylic acids is 1. The van der Waals surface area contributed by atoms with Gasteiger partial charge in [0.25, 0.3) is 5.91 Å². The summed E-state index contributed by atoms with van der Waals surface area (Å²) in [5.41, 5.74) is 0.216. The van der Waals surface area contributed by atoms with Crippen LogP contribution in [0.4, 0.5) is 13.2 Å². The summed E-state index contributed by atoms with van der Waals surface area (Å²) in [5, 5.41) is 9.55. The summed E-state index contributed by atoms with van der Waals surface area (Å²) in [6.07, 6.45) is -3.66. The predicted molar refractivity (Wildman–Crippen MR) is 79.0 cm³/mol. The second kappa shape index (κ2) is 5.56.